The van der Waals surface area contributed by atoms with Crippen LogP contribution in [0.15, 0.2) is 30.3 Å². The summed E-state index contributed by atoms with van der Waals surface area (Å²) in [5.41, 5.74) is 8.14. The first-order valence-electron chi connectivity index (χ1n) is 5.36. The Hall–Kier alpha value is -0.820. The summed E-state index contributed by atoms with van der Waals surface area (Å²) in [7, 11) is 0. The Labute approximate surface area is 86.3 Å². The van der Waals surface area contributed by atoms with Crippen LogP contribution in [0.4, 0.5) is 0 Å². The summed E-state index contributed by atoms with van der Waals surface area (Å²) in [5.74, 6) is 0. The number of rotatable bonds is 3. The minimum atomic E-state index is 0.100. The topological polar surface area (TPSA) is 26.0 Å². The largest absolute Gasteiger partial charge is 0.325 e. The molecule has 1 nitrogen and oxygen atoms in total. The van der Waals surface area contributed by atoms with Crippen molar-refractivity contribution in [2.45, 2.75) is 38.6 Å². The van der Waals surface area contributed by atoms with Crippen molar-refractivity contribution >= 4 is 0 Å². The molecule has 0 heterocycles. The van der Waals surface area contributed by atoms with Gasteiger partial charge in [0, 0.05) is 5.54 Å². The van der Waals surface area contributed by atoms with Gasteiger partial charge in [0.15, 0.2) is 0 Å². The van der Waals surface area contributed by atoms with Crippen molar-refractivity contribution in [3.8, 4) is 0 Å². The summed E-state index contributed by atoms with van der Waals surface area (Å²) in [6.07, 6.45) is 3.40. The maximum absolute atomic E-state index is 6.27. The Morgan fingerprint density at radius 1 is 1.21 bits per heavy atom. The first-order valence-corrected chi connectivity index (χ1v) is 5.36. The van der Waals surface area contributed by atoms with E-state index in [9.17, 15) is 0 Å². The third kappa shape index (κ3) is 1.69. The Kier molecular flexibility index (Phi) is 2.15. The van der Waals surface area contributed by atoms with Gasteiger partial charge in [0.1, 0.15) is 0 Å². The van der Waals surface area contributed by atoms with Crippen molar-refractivity contribution in [2.24, 2.45) is 11.1 Å². The van der Waals surface area contributed by atoms with Crippen molar-refractivity contribution in [1.29, 1.82) is 0 Å². The van der Waals surface area contributed by atoms with Crippen LogP contribution in [0.3, 0.4) is 0 Å². The molecule has 1 heteroatoms. The zero-order valence-electron chi connectivity index (χ0n) is 9.09. The Morgan fingerprint density at radius 2 is 1.79 bits per heavy atom. The molecule has 2 N–H and O–H groups in total. The predicted molar refractivity (Wildman–Crippen MR) is 60.1 cm³/mol. The van der Waals surface area contributed by atoms with E-state index < -0.39 is 0 Å². The van der Waals surface area contributed by atoms with Crippen molar-refractivity contribution < 1.29 is 0 Å². The van der Waals surface area contributed by atoms with Crippen LogP contribution < -0.4 is 5.73 Å². The van der Waals surface area contributed by atoms with Gasteiger partial charge in [-0.1, -0.05) is 44.2 Å². The van der Waals surface area contributed by atoms with Gasteiger partial charge in [-0.15, -0.1) is 0 Å². The van der Waals surface area contributed by atoms with E-state index in [-0.39, 0.29) is 5.54 Å². The molecule has 1 aliphatic rings. The smallest absolute Gasteiger partial charge is 0.0215 e. The van der Waals surface area contributed by atoms with Gasteiger partial charge >= 0.3 is 0 Å². The average Bonchev–Trinajstić information content (AvgIpc) is 2.65. The lowest BCUT2D eigenvalue weighted by atomic mass is 9.98. The molecule has 0 saturated heterocycles. The van der Waals surface area contributed by atoms with E-state index in [1.54, 1.807) is 0 Å². The number of hydrogen-bond acceptors (Lipinski definition) is 1. The zero-order chi connectivity index (χ0) is 10.2. The van der Waals surface area contributed by atoms with Crippen molar-refractivity contribution in [1.82, 2.24) is 0 Å². The minimum Gasteiger partial charge on any atom is -0.325 e. The van der Waals surface area contributed by atoms with Gasteiger partial charge in [-0.25, -0.2) is 0 Å². The van der Waals surface area contributed by atoms with Gasteiger partial charge < -0.3 is 5.73 Å². The fourth-order valence-corrected chi connectivity index (χ4v) is 2.18. The molecule has 0 aromatic heterocycles. The lowest BCUT2D eigenvalue weighted by molar-refractivity contribution is 0.464. The van der Waals surface area contributed by atoms with Crippen LogP contribution in [0, 0.1) is 5.41 Å². The Morgan fingerprint density at radius 3 is 2.29 bits per heavy atom. The average molecular weight is 189 g/mol. The molecule has 1 atom stereocenters. The number of aryl methyl sites for hydroxylation is 1. The van der Waals surface area contributed by atoms with Gasteiger partial charge in [-0.3, -0.25) is 0 Å². The predicted octanol–water partition coefficient (Wildman–Crippen LogP) is 2.75. The summed E-state index contributed by atoms with van der Waals surface area (Å²) in [5, 5.41) is 0. The molecule has 2 rings (SSSR count). The third-order valence-corrected chi connectivity index (χ3v) is 3.68. The van der Waals surface area contributed by atoms with Gasteiger partial charge in [0.05, 0.1) is 0 Å². The summed E-state index contributed by atoms with van der Waals surface area (Å²) in [4.78, 5) is 0. The molecule has 1 saturated carbocycles. The highest BCUT2D eigenvalue weighted by Crippen LogP contribution is 2.55. The van der Waals surface area contributed by atoms with Crippen LogP contribution in [0.25, 0.3) is 0 Å². The molecule has 0 spiro atoms. The standard InChI is InChI=1S/C13H19N/c1-12(2)10-13(12,14)9-8-11-6-4-3-5-7-11/h3-7H,8-10,14H2,1-2H3. The van der Waals surface area contributed by atoms with Crippen LogP contribution in [0.1, 0.15) is 32.3 Å². The van der Waals surface area contributed by atoms with Crippen molar-refractivity contribution in [2.75, 3.05) is 0 Å². The van der Waals surface area contributed by atoms with Crippen LogP contribution in [-0.2, 0) is 6.42 Å². The van der Waals surface area contributed by atoms with Crippen LogP contribution >= 0.6 is 0 Å². The van der Waals surface area contributed by atoms with Crippen LogP contribution in [-0.4, -0.2) is 5.54 Å². The highest BCUT2D eigenvalue weighted by Gasteiger charge is 2.57. The van der Waals surface area contributed by atoms with E-state index in [0.29, 0.717) is 5.41 Å². The lowest BCUT2D eigenvalue weighted by Gasteiger charge is -2.14. The van der Waals surface area contributed by atoms with Crippen molar-refractivity contribution in [3.05, 3.63) is 35.9 Å². The zero-order valence-corrected chi connectivity index (χ0v) is 9.09. The van der Waals surface area contributed by atoms with E-state index in [2.05, 4.69) is 44.2 Å². The second-order valence-electron chi connectivity index (χ2n) is 5.20. The maximum Gasteiger partial charge on any atom is 0.0215 e. The minimum absolute atomic E-state index is 0.100. The number of nitrogens with two attached hydrogens (primary N) is 1. The van der Waals surface area contributed by atoms with E-state index in [4.69, 9.17) is 5.73 Å². The molecule has 1 fully saturated rings. The SMILES string of the molecule is CC1(C)CC1(N)CCc1ccccc1. The number of benzene rings is 1. The highest BCUT2D eigenvalue weighted by atomic mass is 14.9. The van der Waals surface area contributed by atoms with E-state index in [1.165, 1.54) is 12.0 Å². The van der Waals surface area contributed by atoms with Gasteiger partial charge in [-0.2, -0.15) is 0 Å². The lowest BCUT2D eigenvalue weighted by Crippen LogP contribution is -2.28. The molecule has 1 aliphatic carbocycles. The fourth-order valence-electron chi connectivity index (χ4n) is 2.18. The summed E-state index contributed by atoms with van der Waals surface area (Å²) in [6.45, 7) is 4.52. The summed E-state index contributed by atoms with van der Waals surface area (Å²) in [6, 6.07) is 10.6. The quantitative estimate of drug-likeness (QED) is 0.777. The molecular weight excluding hydrogens is 170 g/mol. The van der Waals surface area contributed by atoms with E-state index in [0.717, 1.165) is 12.8 Å². The monoisotopic (exact) mass is 189 g/mol. The van der Waals surface area contributed by atoms with Gasteiger partial charge in [-0.05, 0) is 30.2 Å². The summed E-state index contributed by atoms with van der Waals surface area (Å²) < 4.78 is 0. The normalized spacial score (nSPS) is 28.8. The molecule has 0 bridgehead atoms. The fraction of sp³-hybridized carbons (Fsp3) is 0.538. The third-order valence-electron chi connectivity index (χ3n) is 3.68. The van der Waals surface area contributed by atoms with Gasteiger partial charge in [0.2, 0.25) is 0 Å². The highest BCUT2D eigenvalue weighted by molar-refractivity contribution is 5.19. The van der Waals surface area contributed by atoms with Crippen LogP contribution in [0.5, 0.6) is 0 Å². The molecule has 1 aromatic carbocycles. The first-order chi connectivity index (χ1) is 6.54. The number of hydrogen-bond donors (Lipinski definition) is 1. The van der Waals surface area contributed by atoms with Gasteiger partial charge in [0.25, 0.3) is 0 Å². The summed E-state index contributed by atoms with van der Waals surface area (Å²) >= 11 is 0. The van der Waals surface area contributed by atoms with E-state index >= 15 is 0 Å². The Bertz CT molecular complexity index is 315. The Balaban J connectivity index is 1.91. The maximum atomic E-state index is 6.27. The molecule has 1 unspecified atom stereocenters. The van der Waals surface area contributed by atoms with Crippen molar-refractivity contribution in [3.63, 3.8) is 0 Å². The molecular formula is C13H19N. The molecule has 14 heavy (non-hydrogen) atoms. The second kappa shape index (κ2) is 3.09. The molecule has 1 aromatic rings. The van der Waals surface area contributed by atoms with E-state index in [1.807, 2.05) is 0 Å². The molecule has 0 amide bonds. The molecule has 0 radical (unpaired) electrons. The first kappa shape index (κ1) is 9.72. The van der Waals surface area contributed by atoms with Crippen LogP contribution in [0.2, 0.25) is 0 Å². The molecule has 0 aliphatic heterocycles. The molecule has 76 valence electrons. The second-order valence-corrected chi connectivity index (χ2v) is 5.20.